The second kappa shape index (κ2) is 4.94. The van der Waals surface area contributed by atoms with E-state index in [1.807, 2.05) is 6.07 Å². The van der Waals surface area contributed by atoms with Crippen LogP contribution in [0.3, 0.4) is 0 Å². The Bertz CT molecular complexity index is 781. The van der Waals surface area contributed by atoms with Gasteiger partial charge in [-0.2, -0.15) is 0 Å². The molecule has 0 unspecified atom stereocenters. The Hall–Kier alpha value is -2.40. The van der Waals surface area contributed by atoms with E-state index in [9.17, 15) is 4.79 Å². The highest BCUT2D eigenvalue weighted by molar-refractivity contribution is 6.30. The zero-order valence-electron chi connectivity index (χ0n) is 10.6. The lowest BCUT2D eigenvalue weighted by atomic mass is 10.2. The van der Waals surface area contributed by atoms with Crippen LogP contribution in [0.25, 0.3) is 22.6 Å². The van der Waals surface area contributed by atoms with Gasteiger partial charge in [-0.05, 0) is 24.3 Å². The van der Waals surface area contributed by atoms with Gasteiger partial charge in [0.25, 0.3) is 0 Å². The molecule has 100 valence electrons. The first-order valence-corrected chi connectivity index (χ1v) is 6.26. The number of ether oxygens (including phenoxy) is 1. The van der Waals surface area contributed by atoms with Crippen molar-refractivity contribution in [3.05, 3.63) is 47.1 Å². The number of carbonyl (C=O) groups is 1. The van der Waals surface area contributed by atoms with Crippen molar-refractivity contribution < 1.29 is 9.53 Å². The van der Waals surface area contributed by atoms with Crippen LogP contribution >= 0.6 is 11.6 Å². The number of hydrogen-bond donors (Lipinski definition) is 1. The molecule has 0 spiro atoms. The Morgan fingerprint density at radius 3 is 2.85 bits per heavy atom. The number of nitrogens with one attached hydrogen (secondary N) is 1. The van der Waals surface area contributed by atoms with E-state index >= 15 is 0 Å². The van der Waals surface area contributed by atoms with Crippen molar-refractivity contribution in [2.45, 2.75) is 0 Å². The molecule has 0 aliphatic heterocycles. The molecular weight excluding hydrogens is 278 g/mol. The molecule has 2 aromatic heterocycles. The fourth-order valence-electron chi connectivity index (χ4n) is 1.94. The summed E-state index contributed by atoms with van der Waals surface area (Å²) in [5.41, 5.74) is 2.38. The summed E-state index contributed by atoms with van der Waals surface area (Å²) in [6.45, 7) is 0. The predicted molar refractivity (Wildman–Crippen MR) is 75.7 cm³/mol. The Morgan fingerprint density at radius 1 is 1.30 bits per heavy atom. The lowest BCUT2D eigenvalue weighted by Crippen LogP contribution is -2.01. The number of nitrogens with zero attached hydrogens (tertiary/aromatic N) is 2. The van der Waals surface area contributed by atoms with Crippen molar-refractivity contribution in [2.24, 2.45) is 0 Å². The van der Waals surface area contributed by atoms with Crippen LogP contribution in [0.2, 0.25) is 5.02 Å². The van der Waals surface area contributed by atoms with E-state index in [0.29, 0.717) is 27.6 Å². The molecule has 0 radical (unpaired) electrons. The molecule has 3 rings (SSSR count). The molecule has 0 saturated heterocycles. The summed E-state index contributed by atoms with van der Waals surface area (Å²) in [5.74, 6) is 0.158. The Morgan fingerprint density at radius 2 is 2.15 bits per heavy atom. The molecule has 0 aliphatic rings. The van der Waals surface area contributed by atoms with Crippen molar-refractivity contribution in [1.82, 2.24) is 15.0 Å². The van der Waals surface area contributed by atoms with Crippen LogP contribution in [-0.2, 0) is 4.74 Å². The van der Waals surface area contributed by atoms with E-state index in [4.69, 9.17) is 16.3 Å². The summed E-state index contributed by atoms with van der Waals surface area (Å²) >= 11 is 5.81. The van der Waals surface area contributed by atoms with Crippen molar-refractivity contribution in [3.8, 4) is 11.5 Å². The summed E-state index contributed by atoms with van der Waals surface area (Å²) < 4.78 is 4.75. The van der Waals surface area contributed by atoms with E-state index in [2.05, 4.69) is 15.0 Å². The molecule has 0 saturated carbocycles. The Kier molecular flexibility index (Phi) is 3.12. The van der Waals surface area contributed by atoms with Gasteiger partial charge < -0.3 is 9.72 Å². The molecule has 0 atom stereocenters. The number of hydrogen-bond acceptors (Lipinski definition) is 4. The molecule has 0 aliphatic carbocycles. The number of para-hydroxylation sites is 1. The van der Waals surface area contributed by atoms with Crippen LogP contribution in [0.4, 0.5) is 0 Å². The number of methoxy groups -OCH3 is 1. The minimum Gasteiger partial charge on any atom is -0.465 e. The van der Waals surface area contributed by atoms with Gasteiger partial charge >= 0.3 is 5.97 Å². The average molecular weight is 288 g/mol. The molecule has 0 fully saturated rings. The quantitative estimate of drug-likeness (QED) is 0.736. The summed E-state index contributed by atoms with van der Waals surface area (Å²) in [4.78, 5) is 23.5. The number of aromatic nitrogens is 3. The maximum Gasteiger partial charge on any atom is 0.340 e. The maximum atomic E-state index is 11.7. The molecule has 1 N–H and O–H groups in total. The summed E-state index contributed by atoms with van der Waals surface area (Å²) in [6.07, 6.45) is 1.55. The predicted octanol–water partition coefficient (Wildman–Crippen LogP) is 3.06. The smallest absolute Gasteiger partial charge is 0.340 e. The lowest BCUT2D eigenvalue weighted by Gasteiger charge is -1.98. The third-order valence-electron chi connectivity index (χ3n) is 2.89. The van der Waals surface area contributed by atoms with E-state index in [1.54, 1.807) is 30.5 Å². The number of aromatic amines is 1. The van der Waals surface area contributed by atoms with Gasteiger partial charge in [-0.3, -0.25) is 4.98 Å². The normalized spacial score (nSPS) is 10.7. The van der Waals surface area contributed by atoms with E-state index in [-0.39, 0.29) is 0 Å². The van der Waals surface area contributed by atoms with Gasteiger partial charge in [0.2, 0.25) is 0 Å². The van der Waals surface area contributed by atoms with Gasteiger partial charge in [0.05, 0.1) is 23.2 Å². The first-order chi connectivity index (χ1) is 9.69. The fraction of sp³-hybridized carbons (Fsp3) is 0.0714. The highest BCUT2D eigenvalue weighted by Gasteiger charge is 2.14. The van der Waals surface area contributed by atoms with Crippen LogP contribution in [0.1, 0.15) is 10.4 Å². The molecule has 2 heterocycles. The highest BCUT2D eigenvalue weighted by atomic mass is 35.5. The molecule has 20 heavy (non-hydrogen) atoms. The third kappa shape index (κ3) is 2.12. The third-order valence-corrected chi connectivity index (χ3v) is 3.11. The summed E-state index contributed by atoms with van der Waals surface area (Å²) in [5, 5.41) is 0.556. The zero-order chi connectivity index (χ0) is 14.1. The van der Waals surface area contributed by atoms with Crippen molar-refractivity contribution in [2.75, 3.05) is 7.11 Å². The maximum absolute atomic E-state index is 11.7. The number of rotatable bonds is 2. The number of pyridine rings is 1. The molecular formula is C14H10ClN3O2. The largest absolute Gasteiger partial charge is 0.465 e. The molecule has 3 aromatic rings. The van der Waals surface area contributed by atoms with E-state index in [1.165, 1.54) is 7.11 Å². The fourth-order valence-corrected chi connectivity index (χ4v) is 2.06. The number of benzene rings is 1. The van der Waals surface area contributed by atoms with Crippen molar-refractivity contribution >= 4 is 28.6 Å². The second-order valence-electron chi connectivity index (χ2n) is 4.14. The van der Waals surface area contributed by atoms with Crippen molar-refractivity contribution in [3.63, 3.8) is 0 Å². The average Bonchev–Trinajstić information content (AvgIpc) is 2.91. The first-order valence-electron chi connectivity index (χ1n) is 5.88. The molecule has 1 aromatic carbocycles. The molecule has 6 heteroatoms. The zero-order valence-corrected chi connectivity index (χ0v) is 11.3. The number of H-pyrrole nitrogens is 1. The van der Waals surface area contributed by atoms with Gasteiger partial charge in [-0.1, -0.05) is 17.7 Å². The second-order valence-corrected chi connectivity index (χ2v) is 4.58. The first kappa shape index (κ1) is 12.6. The minimum atomic E-state index is -0.419. The number of carbonyl (C=O) groups excluding carboxylic acids is 1. The van der Waals surface area contributed by atoms with Crippen LogP contribution < -0.4 is 0 Å². The van der Waals surface area contributed by atoms with Gasteiger partial charge in [0, 0.05) is 6.20 Å². The standard InChI is InChI=1S/C14H10ClN3O2/c1-20-14(19)9-3-2-4-10-12(9)18-13(17-10)11-6-5-8(15)7-16-11/h2-7H,1H3,(H,17,18). The van der Waals surface area contributed by atoms with Gasteiger partial charge in [-0.15, -0.1) is 0 Å². The van der Waals surface area contributed by atoms with E-state index < -0.39 is 5.97 Å². The number of halogens is 1. The Balaban J connectivity index is 2.15. The monoisotopic (exact) mass is 287 g/mol. The lowest BCUT2D eigenvalue weighted by molar-refractivity contribution is 0.0603. The minimum absolute atomic E-state index is 0.418. The number of imidazole rings is 1. The molecule has 5 nitrogen and oxygen atoms in total. The summed E-state index contributed by atoms with van der Waals surface area (Å²) in [6, 6.07) is 8.78. The van der Waals surface area contributed by atoms with E-state index in [0.717, 1.165) is 5.52 Å². The van der Waals surface area contributed by atoms with Crippen LogP contribution in [0, 0.1) is 0 Å². The van der Waals surface area contributed by atoms with Gasteiger partial charge in [0.15, 0.2) is 5.82 Å². The number of esters is 1. The summed E-state index contributed by atoms with van der Waals surface area (Å²) in [7, 11) is 1.34. The van der Waals surface area contributed by atoms with Crippen molar-refractivity contribution in [1.29, 1.82) is 0 Å². The van der Waals surface area contributed by atoms with Gasteiger partial charge in [0.1, 0.15) is 11.2 Å². The van der Waals surface area contributed by atoms with Crippen LogP contribution in [0.5, 0.6) is 0 Å². The number of fused-ring (bicyclic) bond motifs is 1. The Labute approximate surface area is 119 Å². The highest BCUT2D eigenvalue weighted by Crippen LogP contribution is 2.22. The van der Waals surface area contributed by atoms with Crippen LogP contribution in [0.15, 0.2) is 36.5 Å². The van der Waals surface area contributed by atoms with Crippen LogP contribution in [-0.4, -0.2) is 28.0 Å². The topological polar surface area (TPSA) is 67.9 Å². The SMILES string of the molecule is COC(=O)c1cccc2[nH]c(-c3ccc(Cl)cn3)nc12. The molecule has 0 amide bonds. The molecule has 0 bridgehead atoms. The van der Waals surface area contributed by atoms with Gasteiger partial charge in [-0.25, -0.2) is 9.78 Å².